The molecule has 5 heteroatoms. The van der Waals surface area contributed by atoms with E-state index in [1.54, 1.807) is 25.3 Å². The van der Waals surface area contributed by atoms with E-state index < -0.39 is 0 Å². The van der Waals surface area contributed by atoms with Gasteiger partial charge < -0.3 is 14.2 Å². The van der Waals surface area contributed by atoms with Crippen molar-refractivity contribution in [2.75, 3.05) is 33.4 Å². The zero-order valence-electron chi connectivity index (χ0n) is 12.9. The summed E-state index contributed by atoms with van der Waals surface area (Å²) >= 11 is 0. The largest absolute Gasteiger partial charge is 0.493 e. The van der Waals surface area contributed by atoms with Gasteiger partial charge >= 0.3 is 0 Å². The SMILES string of the molecule is COc1ccc(C=O)cc1OCC1CN(C(C)C)CCO1. The third-order valence-electron chi connectivity index (χ3n) is 3.65. The van der Waals surface area contributed by atoms with Gasteiger partial charge in [-0.05, 0) is 32.0 Å². The number of hydrogen-bond donors (Lipinski definition) is 0. The lowest BCUT2D eigenvalue weighted by atomic mass is 10.2. The molecule has 0 N–H and O–H groups in total. The lowest BCUT2D eigenvalue weighted by Gasteiger charge is -2.35. The van der Waals surface area contributed by atoms with Gasteiger partial charge in [-0.25, -0.2) is 0 Å². The maximum atomic E-state index is 10.9. The van der Waals surface area contributed by atoms with Crippen LogP contribution in [0.25, 0.3) is 0 Å². The van der Waals surface area contributed by atoms with Crippen molar-refractivity contribution in [3.63, 3.8) is 0 Å². The zero-order chi connectivity index (χ0) is 15.2. The van der Waals surface area contributed by atoms with Crippen LogP contribution in [0.15, 0.2) is 18.2 Å². The number of ether oxygens (including phenoxy) is 3. The number of methoxy groups -OCH3 is 1. The number of aldehydes is 1. The van der Waals surface area contributed by atoms with Crippen molar-refractivity contribution in [2.24, 2.45) is 0 Å². The highest BCUT2D eigenvalue weighted by molar-refractivity contribution is 5.76. The monoisotopic (exact) mass is 293 g/mol. The highest BCUT2D eigenvalue weighted by atomic mass is 16.5. The van der Waals surface area contributed by atoms with Crippen LogP contribution in [0.5, 0.6) is 11.5 Å². The van der Waals surface area contributed by atoms with Gasteiger partial charge in [0.1, 0.15) is 19.0 Å². The molecule has 2 rings (SSSR count). The summed E-state index contributed by atoms with van der Waals surface area (Å²) in [6.07, 6.45) is 0.829. The first kappa shape index (κ1) is 15.8. The Morgan fingerprint density at radius 3 is 2.90 bits per heavy atom. The van der Waals surface area contributed by atoms with E-state index in [1.165, 1.54) is 0 Å². The minimum Gasteiger partial charge on any atom is -0.493 e. The summed E-state index contributed by atoms with van der Waals surface area (Å²) in [5.41, 5.74) is 0.569. The van der Waals surface area contributed by atoms with Gasteiger partial charge in [-0.2, -0.15) is 0 Å². The number of morpholine rings is 1. The second kappa shape index (κ2) is 7.43. The van der Waals surface area contributed by atoms with Crippen molar-refractivity contribution >= 4 is 6.29 Å². The van der Waals surface area contributed by atoms with Gasteiger partial charge in [0.2, 0.25) is 0 Å². The smallest absolute Gasteiger partial charge is 0.162 e. The summed E-state index contributed by atoms with van der Waals surface area (Å²) in [6.45, 7) is 7.34. The van der Waals surface area contributed by atoms with Crippen molar-refractivity contribution in [1.29, 1.82) is 0 Å². The molecule has 0 saturated carbocycles. The number of hydrogen-bond acceptors (Lipinski definition) is 5. The molecule has 1 fully saturated rings. The summed E-state index contributed by atoms with van der Waals surface area (Å²) < 4.78 is 16.8. The van der Waals surface area contributed by atoms with E-state index in [-0.39, 0.29) is 6.10 Å². The zero-order valence-corrected chi connectivity index (χ0v) is 12.9. The van der Waals surface area contributed by atoms with Gasteiger partial charge in [-0.15, -0.1) is 0 Å². The van der Waals surface area contributed by atoms with Crippen LogP contribution in [0.1, 0.15) is 24.2 Å². The number of carbonyl (C=O) groups is 1. The second-order valence-electron chi connectivity index (χ2n) is 5.42. The first-order valence-electron chi connectivity index (χ1n) is 7.25. The Balaban J connectivity index is 1.97. The average molecular weight is 293 g/mol. The van der Waals surface area contributed by atoms with E-state index in [0.29, 0.717) is 29.7 Å². The molecule has 1 unspecified atom stereocenters. The van der Waals surface area contributed by atoms with E-state index in [1.807, 2.05) is 0 Å². The lowest BCUT2D eigenvalue weighted by Crippen LogP contribution is -2.47. The molecule has 21 heavy (non-hydrogen) atoms. The maximum absolute atomic E-state index is 10.9. The van der Waals surface area contributed by atoms with Gasteiger partial charge in [0.15, 0.2) is 11.5 Å². The number of carbonyl (C=O) groups excluding carboxylic acids is 1. The molecule has 0 aromatic heterocycles. The minimum absolute atomic E-state index is 0.0331. The first-order chi connectivity index (χ1) is 10.1. The molecule has 1 aliphatic heterocycles. The normalized spacial score (nSPS) is 19.5. The van der Waals surface area contributed by atoms with Crippen LogP contribution in [0.2, 0.25) is 0 Å². The Morgan fingerprint density at radius 1 is 1.43 bits per heavy atom. The lowest BCUT2D eigenvalue weighted by molar-refractivity contribution is -0.0566. The van der Waals surface area contributed by atoms with Crippen molar-refractivity contribution in [3.8, 4) is 11.5 Å². The first-order valence-corrected chi connectivity index (χ1v) is 7.25. The van der Waals surface area contributed by atoms with E-state index in [4.69, 9.17) is 14.2 Å². The average Bonchev–Trinajstić information content (AvgIpc) is 2.52. The number of rotatable bonds is 6. The molecule has 1 aromatic rings. The Labute approximate surface area is 125 Å². The Bertz CT molecular complexity index is 475. The molecule has 5 nitrogen and oxygen atoms in total. The van der Waals surface area contributed by atoms with Crippen LogP contribution < -0.4 is 9.47 Å². The maximum Gasteiger partial charge on any atom is 0.162 e. The van der Waals surface area contributed by atoms with Gasteiger partial charge in [0, 0.05) is 24.7 Å². The summed E-state index contributed by atoms with van der Waals surface area (Å²) in [4.78, 5) is 13.2. The van der Waals surface area contributed by atoms with Crippen molar-refractivity contribution in [2.45, 2.75) is 26.0 Å². The molecule has 0 amide bonds. The van der Waals surface area contributed by atoms with Crippen LogP contribution in [-0.2, 0) is 4.74 Å². The predicted octanol–water partition coefficient (Wildman–Crippen LogP) is 2.00. The molecule has 116 valence electrons. The third-order valence-corrected chi connectivity index (χ3v) is 3.65. The van der Waals surface area contributed by atoms with Crippen molar-refractivity contribution < 1.29 is 19.0 Å². The van der Waals surface area contributed by atoms with Crippen LogP contribution in [0, 0.1) is 0 Å². The fourth-order valence-corrected chi connectivity index (χ4v) is 2.37. The van der Waals surface area contributed by atoms with Gasteiger partial charge in [-0.1, -0.05) is 0 Å². The summed E-state index contributed by atoms with van der Waals surface area (Å²) in [7, 11) is 1.58. The van der Waals surface area contributed by atoms with E-state index in [0.717, 1.165) is 26.0 Å². The fourth-order valence-electron chi connectivity index (χ4n) is 2.37. The molecule has 0 spiro atoms. The topological polar surface area (TPSA) is 48.0 Å². The van der Waals surface area contributed by atoms with Crippen molar-refractivity contribution in [3.05, 3.63) is 23.8 Å². The van der Waals surface area contributed by atoms with Crippen LogP contribution in [0.4, 0.5) is 0 Å². The predicted molar refractivity (Wildman–Crippen MR) is 80.3 cm³/mol. The molecule has 0 radical (unpaired) electrons. The molecule has 1 aromatic carbocycles. The fraction of sp³-hybridized carbons (Fsp3) is 0.562. The van der Waals surface area contributed by atoms with E-state index in [9.17, 15) is 4.79 Å². The van der Waals surface area contributed by atoms with E-state index >= 15 is 0 Å². The highest BCUT2D eigenvalue weighted by Crippen LogP contribution is 2.28. The van der Waals surface area contributed by atoms with Crippen LogP contribution in [-0.4, -0.2) is 56.7 Å². The quantitative estimate of drug-likeness (QED) is 0.751. The summed E-state index contributed by atoms with van der Waals surface area (Å²) in [6, 6.07) is 5.64. The highest BCUT2D eigenvalue weighted by Gasteiger charge is 2.23. The minimum atomic E-state index is 0.0331. The molecular weight excluding hydrogens is 270 g/mol. The van der Waals surface area contributed by atoms with Gasteiger partial charge in [-0.3, -0.25) is 9.69 Å². The van der Waals surface area contributed by atoms with Gasteiger partial charge in [0.05, 0.1) is 13.7 Å². The molecule has 1 heterocycles. The van der Waals surface area contributed by atoms with Gasteiger partial charge in [0.25, 0.3) is 0 Å². The van der Waals surface area contributed by atoms with Crippen LogP contribution in [0.3, 0.4) is 0 Å². The Hall–Kier alpha value is -1.59. The Kier molecular flexibility index (Phi) is 5.59. The molecule has 1 saturated heterocycles. The number of benzene rings is 1. The molecule has 1 aliphatic rings. The third kappa shape index (κ3) is 4.19. The van der Waals surface area contributed by atoms with Crippen molar-refractivity contribution in [1.82, 2.24) is 4.90 Å². The molecule has 0 bridgehead atoms. The summed E-state index contributed by atoms with van der Waals surface area (Å²) in [5.74, 6) is 1.20. The molecule has 1 atom stereocenters. The van der Waals surface area contributed by atoms with E-state index in [2.05, 4.69) is 18.7 Å². The molecular formula is C16H23NO4. The molecule has 0 aliphatic carbocycles. The Morgan fingerprint density at radius 2 is 2.24 bits per heavy atom. The number of nitrogens with zero attached hydrogens (tertiary/aromatic N) is 1. The second-order valence-corrected chi connectivity index (χ2v) is 5.42. The van der Waals surface area contributed by atoms with Crippen LogP contribution >= 0.6 is 0 Å². The summed E-state index contributed by atoms with van der Waals surface area (Å²) in [5, 5.41) is 0. The standard InChI is InChI=1S/C16H23NO4/c1-12(2)17-6-7-20-14(9-17)11-21-16-8-13(10-18)4-5-15(16)19-3/h4-5,8,10,12,14H,6-7,9,11H2,1-3H3.